The summed E-state index contributed by atoms with van der Waals surface area (Å²) in [4.78, 5) is 11.1. The minimum Gasteiger partial charge on any atom is -0.343 e. The first-order valence-electron chi connectivity index (χ1n) is 3.48. The fraction of sp³-hybridized carbons (Fsp3) is 0. The van der Waals surface area contributed by atoms with Crippen LogP contribution in [0.4, 0.5) is 0 Å². The van der Waals surface area contributed by atoms with E-state index in [9.17, 15) is 0 Å². The molecule has 0 fully saturated rings. The maximum absolute atomic E-state index is 5.71. The Kier molecular flexibility index (Phi) is 1.80. The normalized spacial score (nSPS) is 10.1. The monoisotopic (exact) mass is 179 g/mol. The zero-order valence-corrected chi connectivity index (χ0v) is 6.92. The number of pyridine rings is 1. The molecule has 2 aromatic rings. The number of halogens is 1. The summed E-state index contributed by atoms with van der Waals surface area (Å²) in [6.07, 6.45) is 3.43. The van der Waals surface area contributed by atoms with Crippen molar-refractivity contribution in [2.24, 2.45) is 0 Å². The van der Waals surface area contributed by atoms with Crippen LogP contribution in [-0.2, 0) is 0 Å². The van der Waals surface area contributed by atoms with E-state index in [4.69, 9.17) is 11.6 Å². The molecule has 1 N–H and O–H groups in total. The van der Waals surface area contributed by atoms with Crippen molar-refractivity contribution in [1.29, 1.82) is 0 Å². The van der Waals surface area contributed by atoms with E-state index in [2.05, 4.69) is 15.0 Å². The lowest BCUT2D eigenvalue weighted by molar-refractivity contribution is 1.22. The van der Waals surface area contributed by atoms with Crippen LogP contribution in [0.2, 0.25) is 5.15 Å². The van der Waals surface area contributed by atoms with Crippen LogP contribution in [0.25, 0.3) is 11.5 Å². The third-order valence-electron chi connectivity index (χ3n) is 1.46. The van der Waals surface area contributed by atoms with E-state index in [0.717, 1.165) is 11.5 Å². The van der Waals surface area contributed by atoms with Crippen LogP contribution in [0.15, 0.2) is 30.6 Å². The summed E-state index contributed by atoms with van der Waals surface area (Å²) in [7, 11) is 0. The fourth-order valence-corrected chi connectivity index (χ4v) is 1.11. The second-order valence-electron chi connectivity index (χ2n) is 2.28. The molecule has 4 heteroatoms. The van der Waals surface area contributed by atoms with Crippen molar-refractivity contribution in [3.05, 3.63) is 35.7 Å². The van der Waals surface area contributed by atoms with Crippen LogP contribution in [0, 0.1) is 0 Å². The number of imidazole rings is 1. The van der Waals surface area contributed by atoms with Gasteiger partial charge in [-0.15, -0.1) is 0 Å². The van der Waals surface area contributed by atoms with Crippen molar-refractivity contribution in [2.75, 3.05) is 0 Å². The van der Waals surface area contributed by atoms with E-state index in [-0.39, 0.29) is 0 Å². The smallest absolute Gasteiger partial charge is 0.156 e. The molecule has 3 nitrogen and oxygen atoms in total. The molecule has 60 valence electrons. The number of H-pyrrole nitrogens is 1. The fourth-order valence-electron chi connectivity index (χ4n) is 0.946. The second-order valence-corrected chi connectivity index (χ2v) is 2.67. The van der Waals surface area contributed by atoms with Crippen molar-refractivity contribution in [3.63, 3.8) is 0 Å². The molecule has 0 saturated carbocycles. The SMILES string of the molecule is Clc1cccc(-c2ncc[nH]2)n1. The molecular weight excluding hydrogens is 174 g/mol. The summed E-state index contributed by atoms with van der Waals surface area (Å²) in [5.41, 5.74) is 0.757. The highest BCUT2D eigenvalue weighted by atomic mass is 35.5. The van der Waals surface area contributed by atoms with Crippen LogP contribution < -0.4 is 0 Å². The van der Waals surface area contributed by atoms with Crippen molar-refractivity contribution in [2.45, 2.75) is 0 Å². The van der Waals surface area contributed by atoms with Crippen LogP contribution >= 0.6 is 11.6 Å². The lowest BCUT2D eigenvalue weighted by Crippen LogP contribution is -1.84. The maximum atomic E-state index is 5.71. The summed E-state index contributed by atoms with van der Waals surface area (Å²) in [6, 6.07) is 5.42. The highest BCUT2D eigenvalue weighted by molar-refractivity contribution is 6.29. The van der Waals surface area contributed by atoms with Crippen molar-refractivity contribution >= 4 is 11.6 Å². The average molecular weight is 180 g/mol. The summed E-state index contributed by atoms with van der Waals surface area (Å²) in [5, 5.41) is 0.476. The van der Waals surface area contributed by atoms with Gasteiger partial charge in [-0.05, 0) is 12.1 Å². The van der Waals surface area contributed by atoms with Crippen LogP contribution in [0.1, 0.15) is 0 Å². The molecule has 0 aliphatic heterocycles. The molecule has 12 heavy (non-hydrogen) atoms. The average Bonchev–Trinajstić information content (AvgIpc) is 2.56. The first-order chi connectivity index (χ1) is 5.86. The van der Waals surface area contributed by atoms with Gasteiger partial charge in [-0.3, -0.25) is 0 Å². The first-order valence-corrected chi connectivity index (χ1v) is 3.86. The highest BCUT2D eigenvalue weighted by Gasteiger charge is 2.00. The molecule has 0 spiro atoms. The molecule has 0 saturated heterocycles. The Morgan fingerprint density at radius 1 is 1.33 bits per heavy atom. The summed E-state index contributed by atoms with van der Waals surface area (Å²) < 4.78 is 0. The first kappa shape index (κ1) is 7.31. The predicted octanol–water partition coefficient (Wildman–Crippen LogP) is 2.13. The molecule has 0 amide bonds. The van der Waals surface area contributed by atoms with Gasteiger partial charge in [0.25, 0.3) is 0 Å². The zero-order chi connectivity index (χ0) is 8.39. The van der Waals surface area contributed by atoms with Crippen LogP contribution in [0.3, 0.4) is 0 Å². The molecule has 0 bridgehead atoms. The lowest BCUT2D eigenvalue weighted by Gasteiger charge is -1.94. The van der Waals surface area contributed by atoms with Crippen molar-refractivity contribution in [3.8, 4) is 11.5 Å². The van der Waals surface area contributed by atoms with E-state index in [1.54, 1.807) is 18.5 Å². The number of hydrogen-bond donors (Lipinski definition) is 1. The van der Waals surface area contributed by atoms with Gasteiger partial charge >= 0.3 is 0 Å². The number of hydrogen-bond acceptors (Lipinski definition) is 2. The largest absolute Gasteiger partial charge is 0.343 e. The van der Waals surface area contributed by atoms with Crippen LogP contribution in [0.5, 0.6) is 0 Å². The van der Waals surface area contributed by atoms with Gasteiger partial charge < -0.3 is 4.98 Å². The Bertz CT molecular complexity index is 370. The summed E-state index contributed by atoms with van der Waals surface area (Å²) in [6.45, 7) is 0. The van der Waals surface area contributed by atoms with E-state index >= 15 is 0 Å². The van der Waals surface area contributed by atoms with E-state index < -0.39 is 0 Å². The van der Waals surface area contributed by atoms with E-state index in [0.29, 0.717) is 5.15 Å². The quantitative estimate of drug-likeness (QED) is 0.682. The Balaban J connectivity index is 2.48. The van der Waals surface area contributed by atoms with Gasteiger partial charge in [0.2, 0.25) is 0 Å². The zero-order valence-electron chi connectivity index (χ0n) is 6.16. The second kappa shape index (κ2) is 2.95. The topological polar surface area (TPSA) is 41.6 Å². The van der Waals surface area contributed by atoms with Crippen LogP contribution in [-0.4, -0.2) is 15.0 Å². The van der Waals surface area contributed by atoms with Crippen molar-refractivity contribution < 1.29 is 0 Å². The molecular formula is C8H6ClN3. The van der Waals surface area contributed by atoms with Gasteiger partial charge in [0.1, 0.15) is 10.8 Å². The third kappa shape index (κ3) is 1.31. The lowest BCUT2D eigenvalue weighted by atomic mass is 10.3. The molecule has 0 unspecified atom stereocenters. The van der Waals surface area contributed by atoms with Gasteiger partial charge in [-0.1, -0.05) is 17.7 Å². The molecule has 2 rings (SSSR count). The summed E-state index contributed by atoms with van der Waals surface area (Å²) in [5.74, 6) is 0.734. The number of nitrogens with one attached hydrogen (secondary N) is 1. The molecule has 0 aliphatic carbocycles. The number of nitrogens with zero attached hydrogens (tertiary/aromatic N) is 2. The minimum atomic E-state index is 0.476. The molecule has 0 atom stereocenters. The standard InChI is InChI=1S/C8H6ClN3/c9-7-3-1-2-6(12-7)8-10-4-5-11-8/h1-5H,(H,10,11). The Morgan fingerprint density at radius 3 is 2.92 bits per heavy atom. The number of aromatic amines is 1. The molecule has 0 radical (unpaired) electrons. The van der Waals surface area contributed by atoms with Gasteiger partial charge in [0.15, 0.2) is 5.82 Å². The third-order valence-corrected chi connectivity index (χ3v) is 1.67. The predicted molar refractivity (Wildman–Crippen MR) is 46.8 cm³/mol. The minimum absolute atomic E-state index is 0.476. The van der Waals surface area contributed by atoms with Crippen molar-refractivity contribution in [1.82, 2.24) is 15.0 Å². The molecule has 0 aliphatic rings. The highest BCUT2D eigenvalue weighted by Crippen LogP contribution is 2.13. The Morgan fingerprint density at radius 2 is 2.25 bits per heavy atom. The Hall–Kier alpha value is -1.35. The van der Waals surface area contributed by atoms with E-state index in [1.807, 2.05) is 12.1 Å². The number of aromatic nitrogens is 3. The van der Waals surface area contributed by atoms with E-state index in [1.165, 1.54) is 0 Å². The van der Waals surface area contributed by atoms with Gasteiger partial charge in [0.05, 0.1) is 0 Å². The molecule has 2 heterocycles. The molecule has 2 aromatic heterocycles. The Labute approximate surface area is 74.4 Å². The molecule has 0 aromatic carbocycles. The van der Waals surface area contributed by atoms with Gasteiger partial charge in [-0.25, -0.2) is 9.97 Å². The van der Waals surface area contributed by atoms with Gasteiger partial charge in [0, 0.05) is 12.4 Å². The maximum Gasteiger partial charge on any atom is 0.156 e. The summed E-state index contributed by atoms with van der Waals surface area (Å²) >= 11 is 5.71. The van der Waals surface area contributed by atoms with Gasteiger partial charge in [-0.2, -0.15) is 0 Å². The number of rotatable bonds is 1.